The van der Waals surface area contributed by atoms with Crippen molar-refractivity contribution in [3.8, 4) is 0 Å². The molecule has 0 aliphatic heterocycles. The zero-order chi connectivity index (χ0) is 36.3. The Morgan fingerprint density at radius 1 is 0.740 bits per heavy atom. The van der Waals surface area contributed by atoms with Gasteiger partial charge < -0.3 is 20.5 Å². The zero-order valence-electron chi connectivity index (χ0n) is 29.5. The van der Waals surface area contributed by atoms with Gasteiger partial charge in [0.25, 0.3) is 5.91 Å². The maximum atomic E-state index is 14.1. The molecule has 9 heteroatoms. The SMILES string of the molecule is CC[C@H](C)[C@H](NC(=O)C(Cc1ccccc1)CC(O)C(Cc1ccc2ccccc2c1)NC(=O)OC(C)(C)C)C(=O)NC(=O)c1ccccc1. The van der Waals surface area contributed by atoms with E-state index in [0.29, 0.717) is 12.0 Å². The number of hydrogen-bond acceptors (Lipinski definition) is 6. The van der Waals surface area contributed by atoms with E-state index in [0.717, 1.165) is 21.9 Å². The summed E-state index contributed by atoms with van der Waals surface area (Å²) in [7, 11) is 0. The first-order valence-electron chi connectivity index (χ1n) is 17.2. The normalized spacial score (nSPS) is 14.4. The summed E-state index contributed by atoms with van der Waals surface area (Å²) in [6, 6.07) is 29.9. The topological polar surface area (TPSA) is 134 Å². The molecule has 0 saturated heterocycles. The summed E-state index contributed by atoms with van der Waals surface area (Å²) < 4.78 is 5.54. The first kappa shape index (κ1) is 37.8. The number of amides is 4. The predicted molar refractivity (Wildman–Crippen MR) is 195 cm³/mol. The van der Waals surface area contributed by atoms with Crippen LogP contribution in [0.25, 0.3) is 10.8 Å². The highest BCUT2D eigenvalue weighted by molar-refractivity contribution is 6.06. The number of nitrogens with one attached hydrogen (secondary N) is 3. The van der Waals surface area contributed by atoms with E-state index in [2.05, 4.69) is 16.0 Å². The van der Waals surface area contributed by atoms with Gasteiger partial charge in [-0.05, 0) is 80.0 Å². The number of ether oxygens (including phenoxy) is 1. The van der Waals surface area contributed by atoms with Crippen LogP contribution < -0.4 is 16.0 Å². The van der Waals surface area contributed by atoms with Gasteiger partial charge in [-0.1, -0.05) is 111 Å². The highest BCUT2D eigenvalue weighted by Crippen LogP contribution is 2.22. The Balaban J connectivity index is 1.59. The van der Waals surface area contributed by atoms with Gasteiger partial charge in [-0.25, -0.2) is 4.79 Å². The molecule has 0 aromatic heterocycles. The smallest absolute Gasteiger partial charge is 0.407 e. The van der Waals surface area contributed by atoms with Gasteiger partial charge in [0.15, 0.2) is 0 Å². The molecule has 0 fully saturated rings. The predicted octanol–water partition coefficient (Wildman–Crippen LogP) is 6.37. The Bertz CT molecular complexity index is 1740. The number of aliphatic hydroxyl groups is 1. The molecule has 4 rings (SSSR count). The van der Waals surface area contributed by atoms with Crippen molar-refractivity contribution in [1.82, 2.24) is 16.0 Å². The second-order valence-corrected chi connectivity index (χ2v) is 13.9. The van der Waals surface area contributed by atoms with E-state index >= 15 is 0 Å². The minimum Gasteiger partial charge on any atom is -0.444 e. The molecule has 0 aliphatic carbocycles. The lowest BCUT2D eigenvalue weighted by Crippen LogP contribution is -2.54. The molecule has 0 saturated carbocycles. The van der Waals surface area contributed by atoms with E-state index < -0.39 is 53.5 Å². The lowest BCUT2D eigenvalue weighted by molar-refractivity contribution is -0.132. The van der Waals surface area contributed by atoms with Crippen LogP contribution in [-0.4, -0.2) is 52.7 Å². The number of hydrogen-bond donors (Lipinski definition) is 4. The maximum absolute atomic E-state index is 14.1. The van der Waals surface area contributed by atoms with E-state index in [9.17, 15) is 24.3 Å². The quantitative estimate of drug-likeness (QED) is 0.122. The second kappa shape index (κ2) is 17.6. The molecule has 9 nitrogen and oxygen atoms in total. The van der Waals surface area contributed by atoms with Crippen LogP contribution in [0.4, 0.5) is 4.79 Å². The molecule has 264 valence electrons. The van der Waals surface area contributed by atoms with Crippen LogP contribution in [0.15, 0.2) is 103 Å². The maximum Gasteiger partial charge on any atom is 0.407 e. The first-order chi connectivity index (χ1) is 23.8. The Morgan fingerprint density at radius 2 is 1.36 bits per heavy atom. The number of carbonyl (C=O) groups excluding carboxylic acids is 4. The van der Waals surface area contributed by atoms with E-state index in [1.807, 2.05) is 86.6 Å². The summed E-state index contributed by atoms with van der Waals surface area (Å²) in [5.74, 6) is -2.68. The zero-order valence-corrected chi connectivity index (χ0v) is 29.5. The number of benzene rings is 4. The third kappa shape index (κ3) is 11.3. The average molecular weight is 680 g/mol. The van der Waals surface area contributed by atoms with Gasteiger partial charge in [0.2, 0.25) is 11.8 Å². The van der Waals surface area contributed by atoms with Crippen molar-refractivity contribution < 1.29 is 29.0 Å². The van der Waals surface area contributed by atoms with Crippen LogP contribution in [0.5, 0.6) is 0 Å². The highest BCUT2D eigenvalue weighted by Gasteiger charge is 2.34. The second-order valence-electron chi connectivity index (χ2n) is 13.9. The van der Waals surface area contributed by atoms with Crippen LogP contribution in [0.1, 0.15) is 68.9 Å². The van der Waals surface area contributed by atoms with Crippen LogP contribution in [-0.2, 0) is 27.2 Å². The van der Waals surface area contributed by atoms with Crippen molar-refractivity contribution in [3.63, 3.8) is 0 Å². The van der Waals surface area contributed by atoms with E-state index in [-0.39, 0.29) is 25.2 Å². The summed E-state index contributed by atoms with van der Waals surface area (Å²) in [5, 5.41) is 22.1. The molecule has 4 aromatic carbocycles. The minimum absolute atomic E-state index is 0.0213. The third-order valence-electron chi connectivity index (χ3n) is 8.72. The van der Waals surface area contributed by atoms with Crippen molar-refractivity contribution in [2.75, 3.05) is 0 Å². The van der Waals surface area contributed by atoms with Crippen LogP contribution in [0.2, 0.25) is 0 Å². The Hall–Kier alpha value is -5.02. The lowest BCUT2D eigenvalue weighted by atomic mass is 9.87. The molecule has 4 amide bonds. The standard InChI is InChI=1S/C41H49N3O6/c1-6-27(2)36(39(48)44-37(46)31-18-11-8-12-19-31)43-38(47)33(23-28-15-9-7-10-16-28)26-35(45)34(42-40(49)50-41(3,4)5)25-29-21-22-30-17-13-14-20-32(30)24-29/h7-22,24,27,33-36,45H,6,23,25-26H2,1-5H3,(H,42,49)(H,43,47)(H,44,46,48)/t27-,33?,34?,35?,36-/m0/s1. The summed E-state index contributed by atoms with van der Waals surface area (Å²) >= 11 is 0. The molecule has 0 radical (unpaired) electrons. The molecular formula is C41H49N3O6. The molecule has 0 heterocycles. The number of imide groups is 1. The first-order valence-corrected chi connectivity index (χ1v) is 17.2. The minimum atomic E-state index is -1.16. The number of alkyl carbamates (subject to hydrolysis) is 1. The number of aliphatic hydroxyl groups excluding tert-OH is 1. The lowest BCUT2D eigenvalue weighted by Gasteiger charge is -2.30. The number of fused-ring (bicyclic) bond motifs is 1. The fourth-order valence-electron chi connectivity index (χ4n) is 5.82. The fraction of sp³-hybridized carbons (Fsp3) is 0.366. The number of rotatable bonds is 14. The Labute approximate surface area is 294 Å². The van der Waals surface area contributed by atoms with Crippen LogP contribution >= 0.6 is 0 Å². The van der Waals surface area contributed by atoms with Gasteiger partial charge in [0.05, 0.1) is 12.1 Å². The van der Waals surface area contributed by atoms with Gasteiger partial charge in [0, 0.05) is 11.5 Å². The molecule has 4 aromatic rings. The third-order valence-corrected chi connectivity index (χ3v) is 8.72. The molecule has 4 N–H and O–H groups in total. The summed E-state index contributed by atoms with van der Waals surface area (Å²) in [6.45, 7) is 9.03. The molecule has 0 spiro atoms. The van der Waals surface area contributed by atoms with E-state index in [1.54, 1.807) is 51.1 Å². The molecule has 5 atom stereocenters. The Kier molecular flexibility index (Phi) is 13.3. The van der Waals surface area contributed by atoms with Gasteiger partial charge in [0.1, 0.15) is 11.6 Å². The van der Waals surface area contributed by atoms with Crippen LogP contribution in [0.3, 0.4) is 0 Å². The molecular weight excluding hydrogens is 630 g/mol. The van der Waals surface area contributed by atoms with Crippen molar-refractivity contribution in [1.29, 1.82) is 0 Å². The molecule has 0 aliphatic rings. The fourth-order valence-corrected chi connectivity index (χ4v) is 5.82. The summed E-state index contributed by atoms with van der Waals surface area (Å²) in [4.78, 5) is 53.4. The molecule has 50 heavy (non-hydrogen) atoms. The Morgan fingerprint density at radius 3 is 2.00 bits per heavy atom. The molecule has 3 unspecified atom stereocenters. The van der Waals surface area contributed by atoms with Gasteiger partial charge in [-0.15, -0.1) is 0 Å². The molecule has 0 bridgehead atoms. The number of carbonyl (C=O) groups is 4. The van der Waals surface area contributed by atoms with Crippen molar-refractivity contribution in [2.45, 2.75) is 84.1 Å². The van der Waals surface area contributed by atoms with E-state index in [4.69, 9.17) is 4.74 Å². The largest absolute Gasteiger partial charge is 0.444 e. The summed E-state index contributed by atoms with van der Waals surface area (Å²) in [5.41, 5.74) is 1.33. The van der Waals surface area contributed by atoms with Gasteiger partial charge in [-0.2, -0.15) is 0 Å². The van der Waals surface area contributed by atoms with E-state index in [1.165, 1.54) is 0 Å². The van der Waals surface area contributed by atoms with Crippen molar-refractivity contribution in [2.24, 2.45) is 11.8 Å². The van der Waals surface area contributed by atoms with Crippen molar-refractivity contribution >= 4 is 34.6 Å². The van der Waals surface area contributed by atoms with Gasteiger partial charge >= 0.3 is 6.09 Å². The van der Waals surface area contributed by atoms with Crippen molar-refractivity contribution in [3.05, 3.63) is 120 Å². The monoisotopic (exact) mass is 679 g/mol. The van der Waals surface area contributed by atoms with Gasteiger partial charge in [-0.3, -0.25) is 19.7 Å². The van der Waals surface area contributed by atoms with Crippen LogP contribution in [0, 0.1) is 11.8 Å². The highest BCUT2D eigenvalue weighted by atomic mass is 16.6. The summed E-state index contributed by atoms with van der Waals surface area (Å²) in [6.07, 6.45) is -0.738. The average Bonchev–Trinajstić information content (AvgIpc) is 3.09.